The lowest BCUT2D eigenvalue weighted by atomic mass is 10.5. The quantitative estimate of drug-likeness (QED) is 0.0755. The fourth-order valence-electron chi connectivity index (χ4n) is 3.11. The monoisotopic (exact) mass is 630 g/mol. The molecule has 0 saturated heterocycles. The van der Waals surface area contributed by atoms with Crippen LogP contribution in [0.2, 0.25) is 104 Å². The molecule has 0 heterocycles. The average molecular weight is 631 g/mol. The molecular weight excluding hydrogens is 577 g/mol. The maximum atomic E-state index is 11.6. The second kappa shape index (κ2) is 13.2. The third-order valence-electron chi connectivity index (χ3n) is 3.54. The number of ether oxygens (including phenoxy) is 1. The van der Waals surface area contributed by atoms with Crippen LogP contribution in [0.3, 0.4) is 0 Å². The van der Waals surface area contributed by atoms with Gasteiger partial charge in [0.15, 0.2) is 41.6 Å². The molecule has 0 N–H and O–H groups in total. The second-order valence-electron chi connectivity index (χ2n) is 13.8. The van der Waals surface area contributed by atoms with Crippen LogP contribution in [0, 0.1) is 0 Å². The predicted octanol–water partition coefficient (Wildman–Crippen LogP) is 6.75. The van der Waals surface area contributed by atoms with Crippen molar-refractivity contribution >= 4 is 65.4 Å². The molecule has 0 bridgehead atoms. The molecule has 0 spiro atoms. The zero-order chi connectivity index (χ0) is 28.9. The Labute approximate surface area is 228 Å². The molecule has 0 unspecified atom stereocenters. The van der Waals surface area contributed by atoms with E-state index >= 15 is 0 Å². The summed E-state index contributed by atoms with van der Waals surface area (Å²) in [4.78, 5) is 11.6. The summed E-state index contributed by atoms with van der Waals surface area (Å²) in [5, 5.41) is 0. The number of hydrogen-bond donors (Lipinski definition) is 0. The molecular formula is C21H54O8Si7. The van der Waals surface area contributed by atoms with Gasteiger partial charge in [0.1, 0.15) is 0 Å². The van der Waals surface area contributed by atoms with E-state index in [9.17, 15) is 4.79 Å². The number of esters is 1. The largest absolute Gasteiger partial charge is 0.640 e. The van der Waals surface area contributed by atoms with Crippen LogP contribution < -0.4 is 0 Å². The third-order valence-corrected chi connectivity index (χ3v) is 24.5. The first kappa shape index (κ1) is 36.5. The highest BCUT2D eigenvalue weighted by Crippen LogP contribution is 2.35. The van der Waals surface area contributed by atoms with E-state index < -0.39 is 65.4 Å². The van der Waals surface area contributed by atoms with Crippen LogP contribution in [0.1, 0.15) is 6.42 Å². The Morgan fingerprint density at radius 2 is 0.917 bits per heavy atom. The minimum atomic E-state index is -3.71. The summed E-state index contributed by atoms with van der Waals surface area (Å²) in [5.74, 6) is -0.449. The maximum Gasteiger partial charge on any atom is 0.640 e. The fourth-order valence-corrected chi connectivity index (χ4v) is 27.8. The Hall–Kier alpha value is 0.488. The van der Waals surface area contributed by atoms with Crippen LogP contribution in [-0.4, -0.2) is 72.0 Å². The highest BCUT2D eigenvalue weighted by Gasteiger charge is 2.62. The van der Waals surface area contributed by atoms with Crippen molar-refractivity contribution in [3.63, 3.8) is 0 Å². The van der Waals surface area contributed by atoms with Crippen molar-refractivity contribution in [3.05, 3.63) is 12.7 Å². The van der Waals surface area contributed by atoms with Crippen LogP contribution in [0.25, 0.3) is 0 Å². The second-order valence-corrected chi connectivity index (χ2v) is 42.7. The van der Waals surface area contributed by atoms with Crippen molar-refractivity contribution < 1.29 is 34.2 Å². The van der Waals surface area contributed by atoms with E-state index in [2.05, 4.69) is 105 Å². The van der Waals surface area contributed by atoms with E-state index in [1.54, 1.807) is 0 Å². The zero-order valence-electron chi connectivity index (χ0n) is 25.7. The lowest BCUT2D eigenvalue weighted by Crippen LogP contribution is -2.70. The summed E-state index contributed by atoms with van der Waals surface area (Å²) in [6.07, 6.45) is 1.69. The van der Waals surface area contributed by atoms with Crippen molar-refractivity contribution in [3.8, 4) is 0 Å². The molecule has 0 aromatic heterocycles. The summed E-state index contributed by atoms with van der Waals surface area (Å²) < 4.78 is 46.6. The third kappa shape index (κ3) is 17.9. The van der Waals surface area contributed by atoms with Gasteiger partial charge in [-0.3, -0.25) is 0 Å². The molecule has 0 aliphatic heterocycles. The smallest absolute Gasteiger partial charge is 0.463 e. The molecule has 0 radical (unpaired) electrons. The SMILES string of the molecule is C=CC(=O)OCCC[Si](O[Si](C)(C)C)(O[Si](C)(C)C)O[Si](O[Si](C)(C)C)(O[Si](C)(C)C)O[Si](C)(C)C. The van der Waals surface area contributed by atoms with Gasteiger partial charge in [-0.15, -0.1) is 0 Å². The first-order valence-corrected chi connectivity index (χ1v) is 33.3. The highest BCUT2D eigenvalue weighted by atomic mass is 28.6. The first-order chi connectivity index (χ1) is 15.7. The summed E-state index contributed by atoms with van der Waals surface area (Å²) in [6, 6.07) is 0.472. The molecule has 214 valence electrons. The molecule has 0 saturated carbocycles. The topological polar surface area (TPSA) is 81.7 Å². The molecule has 0 amide bonds. The van der Waals surface area contributed by atoms with Crippen LogP contribution in [0.15, 0.2) is 12.7 Å². The molecule has 36 heavy (non-hydrogen) atoms. The minimum Gasteiger partial charge on any atom is -0.463 e. The van der Waals surface area contributed by atoms with E-state index in [4.69, 9.17) is 29.4 Å². The van der Waals surface area contributed by atoms with Crippen molar-refractivity contribution in [1.82, 2.24) is 0 Å². The van der Waals surface area contributed by atoms with Gasteiger partial charge in [-0.1, -0.05) is 6.58 Å². The predicted molar refractivity (Wildman–Crippen MR) is 165 cm³/mol. The number of hydrogen-bond acceptors (Lipinski definition) is 8. The van der Waals surface area contributed by atoms with E-state index in [0.29, 0.717) is 12.5 Å². The van der Waals surface area contributed by atoms with Gasteiger partial charge in [0.2, 0.25) is 0 Å². The van der Waals surface area contributed by atoms with Crippen molar-refractivity contribution in [2.45, 2.75) is 111 Å². The summed E-state index contributed by atoms with van der Waals surface area (Å²) in [6.45, 7) is 35.6. The standard InChI is InChI=1S/C21H54O8Si7/c1-17-21(22)23-19-18-20-35(24-30(2,3)4,25-31(5,6)7)29-36(26-32(8,9)10,27-33(11,12)13)28-34(14,15)16/h17H,1,18-20H2,2-16H3. The molecule has 0 aliphatic carbocycles. The maximum absolute atomic E-state index is 11.6. The van der Waals surface area contributed by atoms with Gasteiger partial charge >= 0.3 is 23.8 Å². The van der Waals surface area contributed by atoms with Crippen molar-refractivity contribution in [2.75, 3.05) is 6.61 Å². The Morgan fingerprint density at radius 1 is 0.583 bits per heavy atom. The molecule has 0 aromatic carbocycles. The van der Waals surface area contributed by atoms with Gasteiger partial charge in [-0.05, 0) is 105 Å². The van der Waals surface area contributed by atoms with Gasteiger partial charge in [0, 0.05) is 12.1 Å². The molecule has 0 rings (SSSR count). The minimum absolute atomic E-state index is 0.222. The lowest BCUT2D eigenvalue weighted by molar-refractivity contribution is -0.137. The van der Waals surface area contributed by atoms with Gasteiger partial charge < -0.3 is 29.4 Å². The average Bonchev–Trinajstić information content (AvgIpc) is 2.49. The molecule has 0 fully saturated rings. The van der Waals surface area contributed by atoms with Gasteiger partial charge in [0.05, 0.1) is 6.61 Å². The Bertz CT molecular complexity index is 659. The number of carbonyl (C=O) groups is 1. The van der Waals surface area contributed by atoms with Crippen molar-refractivity contribution in [1.29, 1.82) is 0 Å². The Kier molecular flexibility index (Phi) is 13.4. The summed E-state index contributed by atoms with van der Waals surface area (Å²) in [5.41, 5.74) is 0. The Balaban J connectivity index is 6.83. The molecule has 0 aromatic rings. The van der Waals surface area contributed by atoms with E-state index in [1.165, 1.54) is 6.08 Å². The van der Waals surface area contributed by atoms with Crippen LogP contribution in [0.5, 0.6) is 0 Å². The normalized spacial score (nSPS) is 14.6. The lowest BCUT2D eigenvalue weighted by Gasteiger charge is -2.47. The van der Waals surface area contributed by atoms with Gasteiger partial charge in [-0.25, -0.2) is 4.79 Å². The van der Waals surface area contributed by atoms with E-state index in [1.807, 2.05) is 0 Å². The molecule has 0 atom stereocenters. The van der Waals surface area contributed by atoms with E-state index in [0.717, 1.165) is 0 Å². The van der Waals surface area contributed by atoms with Gasteiger partial charge in [-0.2, -0.15) is 0 Å². The van der Waals surface area contributed by atoms with Crippen molar-refractivity contribution in [2.24, 2.45) is 0 Å². The number of rotatable bonds is 17. The van der Waals surface area contributed by atoms with Crippen LogP contribution >= 0.6 is 0 Å². The summed E-state index contributed by atoms with van der Waals surface area (Å²) in [7, 11) is -18.0. The fraction of sp³-hybridized carbons (Fsp3) is 0.857. The summed E-state index contributed by atoms with van der Waals surface area (Å²) >= 11 is 0. The Morgan fingerprint density at radius 3 is 1.19 bits per heavy atom. The van der Waals surface area contributed by atoms with Crippen LogP contribution in [-0.2, 0) is 34.2 Å². The van der Waals surface area contributed by atoms with E-state index in [-0.39, 0.29) is 6.61 Å². The highest BCUT2D eigenvalue weighted by molar-refractivity contribution is 6.93. The first-order valence-electron chi connectivity index (χ1n) is 12.7. The molecule has 15 heteroatoms. The zero-order valence-corrected chi connectivity index (χ0v) is 32.7. The van der Waals surface area contributed by atoms with Gasteiger partial charge in [0.25, 0.3) is 0 Å². The molecule has 8 nitrogen and oxygen atoms in total. The number of carbonyl (C=O) groups excluding carboxylic acids is 1. The van der Waals surface area contributed by atoms with Crippen LogP contribution in [0.4, 0.5) is 0 Å². The molecule has 0 aliphatic rings.